The van der Waals surface area contributed by atoms with E-state index in [9.17, 15) is 0 Å². The molecular formula is C18H41KO4S. The van der Waals surface area contributed by atoms with Crippen molar-refractivity contribution in [2.75, 3.05) is 0 Å². The summed E-state index contributed by atoms with van der Waals surface area (Å²) in [6, 6.07) is 0. The van der Waals surface area contributed by atoms with Gasteiger partial charge >= 0.3 is 61.8 Å². The zero-order valence-electron chi connectivity index (χ0n) is 17.4. The second-order valence-electron chi connectivity index (χ2n) is 6.40. The quantitative estimate of drug-likeness (QED) is 0.253. The molecule has 24 heavy (non-hydrogen) atoms. The van der Waals surface area contributed by atoms with Crippen LogP contribution in [0, 0.1) is 0 Å². The molecule has 0 unspecified atom stereocenters. The number of hydrogen-bond donors (Lipinski definition) is 2. The van der Waals surface area contributed by atoms with E-state index in [4.69, 9.17) is 17.5 Å². The molecule has 4 nitrogen and oxygen atoms in total. The van der Waals surface area contributed by atoms with Gasteiger partial charge in [-0.3, -0.25) is 9.11 Å². The SMILES string of the molecule is CCCCCCCCCCCCCCCCCC.O=S(=O)(O)O.[H-].[K+]. The first-order valence-corrected chi connectivity index (χ1v) is 11.0. The van der Waals surface area contributed by atoms with Gasteiger partial charge in [0.2, 0.25) is 0 Å². The maximum atomic E-state index is 8.74. The Bertz CT molecular complexity index is 290. The molecule has 0 saturated carbocycles. The van der Waals surface area contributed by atoms with Crippen molar-refractivity contribution in [2.45, 2.75) is 117 Å². The fraction of sp³-hybridized carbons (Fsp3) is 1.00. The minimum absolute atomic E-state index is 0. The van der Waals surface area contributed by atoms with Crippen LogP contribution in [-0.4, -0.2) is 17.5 Å². The summed E-state index contributed by atoms with van der Waals surface area (Å²) in [5.41, 5.74) is 0. The van der Waals surface area contributed by atoms with Gasteiger partial charge in [0.15, 0.2) is 0 Å². The Kier molecular flexibility index (Phi) is 30.9. The third kappa shape index (κ3) is 43.7. The Morgan fingerprint density at radius 1 is 0.542 bits per heavy atom. The van der Waals surface area contributed by atoms with Crippen LogP contribution in [-0.2, 0) is 10.4 Å². The van der Waals surface area contributed by atoms with E-state index in [0.29, 0.717) is 0 Å². The van der Waals surface area contributed by atoms with E-state index < -0.39 is 10.4 Å². The number of rotatable bonds is 15. The van der Waals surface area contributed by atoms with Gasteiger partial charge in [0.1, 0.15) is 0 Å². The van der Waals surface area contributed by atoms with Gasteiger partial charge in [-0.05, 0) is 0 Å². The fourth-order valence-electron chi connectivity index (χ4n) is 2.62. The largest absolute Gasteiger partial charge is 1.00 e. The molecule has 0 fully saturated rings. The van der Waals surface area contributed by atoms with Crippen molar-refractivity contribution in [1.82, 2.24) is 0 Å². The number of unbranched alkanes of at least 4 members (excludes halogenated alkanes) is 15. The van der Waals surface area contributed by atoms with Crippen molar-refractivity contribution in [2.24, 2.45) is 0 Å². The van der Waals surface area contributed by atoms with E-state index in [1.54, 1.807) is 0 Å². The van der Waals surface area contributed by atoms with Crippen molar-refractivity contribution in [1.29, 1.82) is 0 Å². The molecular weight excluding hydrogens is 351 g/mol. The maximum absolute atomic E-state index is 8.74. The summed E-state index contributed by atoms with van der Waals surface area (Å²) in [6.45, 7) is 4.59. The maximum Gasteiger partial charge on any atom is 1.00 e. The Labute approximate surface area is 195 Å². The minimum Gasteiger partial charge on any atom is -1.00 e. The fourth-order valence-corrected chi connectivity index (χ4v) is 2.62. The van der Waals surface area contributed by atoms with E-state index in [0.717, 1.165) is 0 Å². The molecule has 0 amide bonds. The molecule has 0 aromatic rings. The first kappa shape index (κ1) is 30.2. The van der Waals surface area contributed by atoms with Crippen LogP contribution in [0.15, 0.2) is 0 Å². The average Bonchev–Trinajstić information content (AvgIpc) is 2.46. The Hall–Kier alpha value is 1.51. The molecule has 0 aromatic heterocycles. The van der Waals surface area contributed by atoms with Crippen LogP contribution in [0.5, 0.6) is 0 Å². The van der Waals surface area contributed by atoms with Crippen LogP contribution in [0.3, 0.4) is 0 Å². The summed E-state index contributed by atoms with van der Waals surface area (Å²) in [5, 5.41) is 0. The molecule has 0 saturated heterocycles. The van der Waals surface area contributed by atoms with Gasteiger partial charge in [0.25, 0.3) is 0 Å². The van der Waals surface area contributed by atoms with Crippen LogP contribution in [0.4, 0.5) is 0 Å². The van der Waals surface area contributed by atoms with Gasteiger partial charge in [0.05, 0.1) is 0 Å². The van der Waals surface area contributed by atoms with Gasteiger partial charge < -0.3 is 1.43 Å². The van der Waals surface area contributed by atoms with Gasteiger partial charge in [-0.15, -0.1) is 0 Å². The van der Waals surface area contributed by atoms with E-state index in [-0.39, 0.29) is 52.8 Å². The number of hydrogen-bond acceptors (Lipinski definition) is 2. The van der Waals surface area contributed by atoms with Gasteiger partial charge in [0, 0.05) is 0 Å². The summed E-state index contributed by atoms with van der Waals surface area (Å²) in [4.78, 5) is 0. The molecule has 0 aliphatic carbocycles. The zero-order valence-corrected chi connectivity index (χ0v) is 20.4. The predicted molar refractivity (Wildman–Crippen MR) is 101 cm³/mol. The summed E-state index contributed by atoms with van der Waals surface area (Å²) in [6.07, 6.45) is 23.4. The Morgan fingerprint density at radius 2 is 0.667 bits per heavy atom. The molecule has 0 heterocycles. The average molecular weight is 393 g/mol. The Morgan fingerprint density at radius 3 is 0.792 bits per heavy atom. The van der Waals surface area contributed by atoms with Crippen LogP contribution < -0.4 is 51.4 Å². The van der Waals surface area contributed by atoms with Crippen LogP contribution >= 0.6 is 0 Å². The van der Waals surface area contributed by atoms with E-state index in [1.807, 2.05) is 0 Å². The predicted octanol–water partition coefficient (Wildman–Crippen LogP) is 3.73. The molecule has 0 aromatic carbocycles. The summed E-state index contributed by atoms with van der Waals surface area (Å²) in [7, 11) is -4.67. The van der Waals surface area contributed by atoms with Gasteiger partial charge in [-0.1, -0.05) is 117 Å². The first-order valence-electron chi connectivity index (χ1n) is 9.61. The van der Waals surface area contributed by atoms with E-state index in [2.05, 4.69) is 13.8 Å². The van der Waals surface area contributed by atoms with Gasteiger partial charge in [-0.25, -0.2) is 0 Å². The second kappa shape index (κ2) is 24.5. The molecule has 0 aliphatic heterocycles. The summed E-state index contributed by atoms with van der Waals surface area (Å²) < 4.78 is 31.6. The molecule has 0 spiro atoms. The van der Waals surface area contributed by atoms with Crippen LogP contribution in [0.1, 0.15) is 118 Å². The van der Waals surface area contributed by atoms with Crippen molar-refractivity contribution >= 4 is 10.4 Å². The minimum atomic E-state index is -4.67. The van der Waals surface area contributed by atoms with Crippen LogP contribution in [0.2, 0.25) is 0 Å². The molecule has 144 valence electrons. The van der Waals surface area contributed by atoms with Crippen molar-refractivity contribution in [3.63, 3.8) is 0 Å². The topological polar surface area (TPSA) is 74.6 Å². The molecule has 0 atom stereocenters. The normalized spacial score (nSPS) is 10.7. The summed E-state index contributed by atoms with van der Waals surface area (Å²) >= 11 is 0. The first-order chi connectivity index (χ1) is 10.9. The molecule has 2 N–H and O–H groups in total. The standard InChI is InChI=1S/C18H38.K.H2O4S.H/c1-3-5-7-9-11-13-15-17-18-16-14-12-10-8-6-4-2;;1-5(2,3)4;/h3-18H2,1-2H3;;(H2,1,2,3,4);/q;+1;;-1. The van der Waals surface area contributed by atoms with Crippen molar-refractivity contribution < 1.29 is 70.3 Å². The zero-order chi connectivity index (χ0) is 17.8. The molecule has 0 radical (unpaired) electrons. The van der Waals surface area contributed by atoms with E-state index in [1.165, 1.54) is 103 Å². The third-order valence-corrected chi connectivity index (χ3v) is 3.96. The van der Waals surface area contributed by atoms with E-state index >= 15 is 0 Å². The molecule has 0 bridgehead atoms. The smallest absolute Gasteiger partial charge is 1.00 e. The molecule has 0 aliphatic rings. The van der Waals surface area contributed by atoms with Gasteiger partial charge in [-0.2, -0.15) is 8.42 Å². The molecule has 6 heteroatoms. The third-order valence-electron chi connectivity index (χ3n) is 3.96. The summed E-state index contributed by atoms with van der Waals surface area (Å²) in [5.74, 6) is 0. The monoisotopic (exact) mass is 392 g/mol. The molecule has 0 rings (SSSR count). The second-order valence-corrected chi connectivity index (χ2v) is 7.29. The Balaban J connectivity index is -0.000000276. The van der Waals surface area contributed by atoms with Crippen LogP contribution in [0.25, 0.3) is 0 Å². The van der Waals surface area contributed by atoms with Crippen molar-refractivity contribution in [3.05, 3.63) is 0 Å². The van der Waals surface area contributed by atoms with Crippen molar-refractivity contribution in [3.8, 4) is 0 Å².